The molecule has 4 aliphatic rings. The van der Waals surface area contributed by atoms with Crippen molar-refractivity contribution in [1.82, 2.24) is 24.9 Å². The highest BCUT2D eigenvalue weighted by Crippen LogP contribution is 2.35. The van der Waals surface area contributed by atoms with Crippen LogP contribution in [0.5, 0.6) is 0 Å². The molecule has 3 atom stereocenters. The van der Waals surface area contributed by atoms with E-state index in [1.54, 1.807) is 0 Å². The Balaban J connectivity index is 1.40. The van der Waals surface area contributed by atoms with Crippen molar-refractivity contribution < 1.29 is 9.53 Å². The zero-order valence-electron chi connectivity index (χ0n) is 15.2. The Hall–Kier alpha value is -0.890. The maximum absolute atomic E-state index is 12.0. The summed E-state index contributed by atoms with van der Waals surface area (Å²) in [5, 5.41) is 2.99. The average Bonchev–Trinajstić information content (AvgIpc) is 2.89. The minimum Gasteiger partial charge on any atom is -0.444 e. The van der Waals surface area contributed by atoms with Gasteiger partial charge in [-0.1, -0.05) is 0 Å². The van der Waals surface area contributed by atoms with Gasteiger partial charge in [0.15, 0.2) is 0 Å². The van der Waals surface area contributed by atoms with Crippen LogP contribution in [-0.4, -0.2) is 102 Å². The second-order valence-electron chi connectivity index (χ2n) is 8.52. The number of ether oxygens (including phenoxy) is 1. The Labute approximate surface area is 144 Å². The highest BCUT2D eigenvalue weighted by molar-refractivity contribution is 5.67. The van der Waals surface area contributed by atoms with E-state index in [9.17, 15) is 4.79 Å². The third-order valence-electron chi connectivity index (χ3n) is 5.73. The molecule has 0 aromatic carbocycles. The molecular formula is C17H31N5O2. The number of carbonyl (C=O) groups is 1. The van der Waals surface area contributed by atoms with Gasteiger partial charge >= 0.3 is 6.09 Å². The van der Waals surface area contributed by atoms with Crippen LogP contribution in [0.2, 0.25) is 0 Å². The summed E-state index contributed by atoms with van der Waals surface area (Å²) in [4.78, 5) is 22.6. The molecule has 0 bridgehead atoms. The lowest BCUT2D eigenvalue weighted by atomic mass is 10.1. The molecule has 4 saturated heterocycles. The molecule has 0 radical (unpaired) electrons. The third-order valence-corrected chi connectivity index (χ3v) is 5.73. The molecule has 1 N–H and O–H groups in total. The second kappa shape index (κ2) is 6.12. The van der Waals surface area contributed by atoms with Crippen LogP contribution < -0.4 is 5.32 Å². The first-order chi connectivity index (χ1) is 11.4. The van der Waals surface area contributed by atoms with Gasteiger partial charge in [0.05, 0.1) is 12.3 Å². The molecule has 4 rings (SSSR count). The first kappa shape index (κ1) is 16.6. The number of nitrogens with zero attached hydrogens (tertiary/aromatic N) is 4. The fourth-order valence-electron chi connectivity index (χ4n) is 4.84. The van der Waals surface area contributed by atoms with E-state index >= 15 is 0 Å². The Morgan fingerprint density at radius 2 is 1.67 bits per heavy atom. The summed E-state index contributed by atoms with van der Waals surface area (Å²) in [6.45, 7) is 14.5. The average molecular weight is 337 g/mol. The summed E-state index contributed by atoms with van der Waals surface area (Å²) in [6, 6.07) is 0.395. The zero-order chi connectivity index (χ0) is 16.9. The predicted octanol–water partition coefficient (Wildman–Crippen LogP) is 0.184. The van der Waals surface area contributed by atoms with Crippen molar-refractivity contribution in [3.63, 3.8) is 0 Å². The first-order valence-corrected chi connectivity index (χ1v) is 9.37. The normalized spacial score (nSPS) is 34.9. The maximum Gasteiger partial charge on any atom is 0.407 e. The standard InChI is InChI=1S/C17H31N5O2/c1-17(2,3)24-16(23)18-11-13-12-21-8-7-19-5-4-6-20-9-10-22(13)15(21)14(19)20/h13-15H,4-12H2,1-3H3,(H,18,23)/t13-,14+,15-/m0/s1. The molecule has 136 valence electrons. The number of hydrogen-bond acceptors (Lipinski definition) is 6. The van der Waals surface area contributed by atoms with Gasteiger partial charge in [-0.15, -0.1) is 0 Å². The van der Waals surface area contributed by atoms with Gasteiger partial charge in [-0.2, -0.15) is 0 Å². The summed E-state index contributed by atoms with van der Waals surface area (Å²) in [7, 11) is 0. The molecule has 7 heteroatoms. The molecule has 4 aliphatic heterocycles. The molecule has 7 nitrogen and oxygen atoms in total. The summed E-state index contributed by atoms with van der Waals surface area (Å²) in [6.07, 6.45) is 2.05. The predicted molar refractivity (Wildman–Crippen MR) is 91.6 cm³/mol. The monoisotopic (exact) mass is 337 g/mol. The highest BCUT2D eigenvalue weighted by atomic mass is 16.6. The van der Waals surface area contributed by atoms with Gasteiger partial charge in [0.1, 0.15) is 5.60 Å². The van der Waals surface area contributed by atoms with E-state index < -0.39 is 5.60 Å². The number of alkyl carbamates (subject to hydrolysis) is 1. The SMILES string of the molecule is CC(C)(C)OC(=O)NC[C@H]1CN2CCN3CCCN4CCN1[C@H]2[C@H]34. The van der Waals surface area contributed by atoms with Crippen LogP contribution in [0.25, 0.3) is 0 Å². The Morgan fingerprint density at radius 1 is 1.00 bits per heavy atom. The lowest BCUT2D eigenvalue weighted by Crippen LogP contribution is -2.73. The van der Waals surface area contributed by atoms with Crippen molar-refractivity contribution in [1.29, 1.82) is 0 Å². The van der Waals surface area contributed by atoms with Crippen LogP contribution in [0.4, 0.5) is 4.79 Å². The minimum absolute atomic E-state index is 0.301. The van der Waals surface area contributed by atoms with Crippen molar-refractivity contribution >= 4 is 6.09 Å². The summed E-state index contributed by atoms with van der Waals surface area (Å²) < 4.78 is 5.38. The van der Waals surface area contributed by atoms with E-state index in [4.69, 9.17) is 4.74 Å². The van der Waals surface area contributed by atoms with E-state index in [2.05, 4.69) is 24.9 Å². The largest absolute Gasteiger partial charge is 0.444 e. The molecule has 0 unspecified atom stereocenters. The molecule has 4 heterocycles. The van der Waals surface area contributed by atoms with Crippen LogP contribution >= 0.6 is 0 Å². The van der Waals surface area contributed by atoms with Crippen LogP contribution in [0.3, 0.4) is 0 Å². The fourth-order valence-corrected chi connectivity index (χ4v) is 4.84. The number of hydrogen-bond donors (Lipinski definition) is 1. The summed E-state index contributed by atoms with van der Waals surface area (Å²) >= 11 is 0. The van der Waals surface area contributed by atoms with Gasteiger partial charge in [-0.3, -0.25) is 19.6 Å². The first-order valence-electron chi connectivity index (χ1n) is 9.37. The van der Waals surface area contributed by atoms with Crippen molar-refractivity contribution in [2.45, 2.75) is 51.2 Å². The van der Waals surface area contributed by atoms with Gasteiger partial charge in [-0.05, 0) is 27.2 Å². The maximum atomic E-state index is 12.0. The lowest BCUT2D eigenvalue weighted by Gasteiger charge is -2.57. The molecule has 4 fully saturated rings. The number of amides is 1. The third kappa shape index (κ3) is 3.03. The Kier molecular flexibility index (Phi) is 4.23. The van der Waals surface area contributed by atoms with Gasteiger partial charge < -0.3 is 10.1 Å². The van der Waals surface area contributed by atoms with E-state index in [1.165, 1.54) is 26.1 Å². The Morgan fingerprint density at radius 3 is 2.38 bits per heavy atom. The van der Waals surface area contributed by atoms with Gasteiger partial charge in [0.2, 0.25) is 0 Å². The molecule has 0 aromatic rings. The lowest BCUT2D eigenvalue weighted by molar-refractivity contribution is -0.139. The highest BCUT2D eigenvalue weighted by Gasteiger charge is 2.52. The van der Waals surface area contributed by atoms with Crippen molar-refractivity contribution in [2.24, 2.45) is 0 Å². The molecule has 0 aliphatic carbocycles. The van der Waals surface area contributed by atoms with Gasteiger partial charge in [0.25, 0.3) is 0 Å². The van der Waals surface area contributed by atoms with Crippen molar-refractivity contribution in [2.75, 3.05) is 52.4 Å². The number of rotatable bonds is 2. The van der Waals surface area contributed by atoms with Gasteiger partial charge in [0, 0.05) is 58.4 Å². The molecule has 0 saturated carbocycles. The zero-order valence-corrected chi connectivity index (χ0v) is 15.2. The second-order valence-corrected chi connectivity index (χ2v) is 8.52. The van der Waals surface area contributed by atoms with E-state index in [1.807, 2.05) is 20.8 Å². The fraction of sp³-hybridized carbons (Fsp3) is 0.941. The van der Waals surface area contributed by atoms with Crippen LogP contribution in [0.1, 0.15) is 27.2 Å². The quantitative estimate of drug-likeness (QED) is 0.776. The molecule has 0 spiro atoms. The van der Waals surface area contributed by atoms with E-state index in [-0.39, 0.29) is 6.09 Å². The molecular weight excluding hydrogens is 306 g/mol. The molecule has 24 heavy (non-hydrogen) atoms. The summed E-state index contributed by atoms with van der Waals surface area (Å²) in [5.74, 6) is 0. The van der Waals surface area contributed by atoms with Gasteiger partial charge in [-0.25, -0.2) is 4.79 Å². The minimum atomic E-state index is -0.439. The number of piperazine rings is 2. The Bertz CT molecular complexity index is 488. The van der Waals surface area contributed by atoms with Crippen LogP contribution in [0, 0.1) is 0 Å². The number of nitrogens with one attached hydrogen (secondary N) is 1. The van der Waals surface area contributed by atoms with Crippen molar-refractivity contribution in [3.05, 3.63) is 0 Å². The van der Waals surface area contributed by atoms with Crippen LogP contribution in [-0.2, 0) is 4.74 Å². The van der Waals surface area contributed by atoms with E-state index in [0.717, 1.165) is 26.2 Å². The van der Waals surface area contributed by atoms with Crippen molar-refractivity contribution in [3.8, 4) is 0 Å². The topological polar surface area (TPSA) is 51.3 Å². The van der Waals surface area contributed by atoms with Crippen LogP contribution in [0.15, 0.2) is 0 Å². The van der Waals surface area contributed by atoms with E-state index in [0.29, 0.717) is 24.9 Å². The molecule has 1 amide bonds. The smallest absolute Gasteiger partial charge is 0.407 e. The summed E-state index contributed by atoms with van der Waals surface area (Å²) in [5.41, 5.74) is -0.439. The number of carbonyl (C=O) groups excluding carboxylic acids is 1. The molecule has 0 aromatic heterocycles.